The number of aromatic amines is 1. The molecule has 4 aromatic heterocycles. The van der Waals surface area contributed by atoms with E-state index in [2.05, 4.69) is 25.6 Å². The van der Waals surface area contributed by atoms with Gasteiger partial charge < -0.3 is 9.88 Å². The van der Waals surface area contributed by atoms with Crippen LogP contribution in [0, 0.1) is 6.92 Å². The molecule has 0 aliphatic heterocycles. The van der Waals surface area contributed by atoms with E-state index in [1.54, 1.807) is 27.4 Å². The van der Waals surface area contributed by atoms with Gasteiger partial charge in [0.1, 0.15) is 0 Å². The number of H-pyrrole nitrogens is 1. The Balaban J connectivity index is 1.49. The molecule has 8 heteroatoms. The highest BCUT2D eigenvalue weighted by atomic mass is 16.1. The van der Waals surface area contributed by atoms with Crippen LogP contribution in [0.15, 0.2) is 65.6 Å². The third kappa shape index (κ3) is 2.81. The molecule has 5 rings (SSSR count). The second kappa shape index (κ2) is 6.34. The molecule has 8 nitrogen and oxygen atoms in total. The van der Waals surface area contributed by atoms with E-state index < -0.39 is 0 Å². The number of benzene rings is 1. The van der Waals surface area contributed by atoms with Crippen LogP contribution in [0.5, 0.6) is 0 Å². The van der Waals surface area contributed by atoms with Crippen molar-refractivity contribution < 1.29 is 0 Å². The van der Waals surface area contributed by atoms with Crippen molar-refractivity contribution in [3.8, 4) is 0 Å². The summed E-state index contributed by atoms with van der Waals surface area (Å²) in [7, 11) is 0. The van der Waals surface area contributed by atoms with Gasteiger partial charge in [0.25, 0.3) is 5.56 Å². The molecule has 138 valence electrons. The first-order chi connectivity index (χ1) is 13.7. The predicted octanol–water partition coefficient (Wildman–Crippen LogP) is 2.87. The standard InChI is InChI=1S/C20H17N7O/c1-13-16-9-8-14(11-17(16)24-23-13)21-20-22-18-6-4-5-15(27(18)25-20)12-26-10-3-2-7-19(26)28/h2-11H,12H2,1H3,(H,21,25)(H,23,24). The van der Waals surface area contributed by atoms with Gasteiger partial charge in [-0.3, -0.25) is 9.89 Å². The Hall–Kier alpha value is -3.94. The topological polar surface area (TPSA) is 92.9 Å². The second-order valence-corrected chi connectivity index (χ2v) is 6.59. The fourth-order valence-electron chi connectivity index (χ4n) is 3.25. The van der Waals surface area contributed by atoms with E-state index >= 15 is 0 Å². The van der Waals surface area contributed by atoms with Gasteiger partial charge in [-0.05, 0) is 43.3 Å². The fourth-order valence-corrected chi connectivity index (χ4v) is 3.25. The van der Waals surface area contributed by atoms with Gasteiger partial charge in [-0.25, -0.2) is 4.52 Å². The molecule has 0 fully saturated rings. The molecule has 0 aliphatic carbocycles. The molecule has 5 aromatic rings. The Morgan fingerprint density at radius 3 is 2.93 bits per heavy atom. The number of fused-ring (bicyclic) bond motifs is 2. The van der Waals surface area contributed by atoms with E-state index in [0.29, 0.717) is 18.1 Å². The van der Waals surface area contributed by atoms with Gasteiger partial charge in [0.15, 0.2) is 5.65 Å². The molecule has 0 radical (unpaired) electrons. The first kappa shape index (κ1) is 16.2. The summed E-state index contributed by atoms with van der Waals surface area (Å²) in [6.07, 6.45) is 1.76. The molecule has 0 unspecified atom stereocenters. The van der Waals surface area contributed by atoms with Crippen molar-refractivity contribution in [2.45, 2.75) is 13.5 Å². The number of nitrogens with one attached hydrogen (secondary N) is 2. The molecule has 1 aromatic carbocycles. The highest BCUT2D eigenvalue weighted by Crippen LogP contribution is 2.22. The van der Waals surface area contributed by atoms with Crippen LogP contribution in [0.25, 0.3) is 16.6 Å². The summed E-state index contributed by atoms with van der Waals surface area (Å²) in [5.74, 6) is 0.486. The van der Waals surface area contributed by atoms with E-state index in [0.717, 1.165) is 28.0 Å². The zero-order chi connectivity index (χ0) is 19.1. The first-order valence-corrected chi connectivity index (χ1v) is 8.89. The zero-order valence-corrected chi connectivity index (χ0v) is 15.1. The number of hydrogen-bond donors (Lipinski definition) is 2. The van der Waals surface area contributed by atoms with Crippen molar-refractivity contribution in [1.82, 2.24) is 29.4 Å². The van der Waals surface area contributed by atoms with Crippen LogP contribution in [-0.2, 0) is 6.54 Å². The lowest BCUT2D eigenvalue weighted by molar-refractivity contribution is 0.710. The highest BCUT2D eigenvalue weighted by Gasteiger charge is 2.09. The van der Waals surface area contributed by atoms with Crippen LogP contribution < -0.4 is 10.9 Å². The maximum Gasteiger partial charge on any atom is 0.250 e. The smallest absolute Gasteiger partial charge is 0.250 e. The predicted molar refractivity (Wildman–Crippen MR) is 107 cm³/mol. The molecular formula is C20H17N7O. The van der Waals surface area contributed by atoms with Gasteiger partial charge in [0.2, 0.25) is 5.95 Å². The maximum absolute atomic E-state index is 12.0. The van der Waals surface area contributed by atoms with Crippen LogP contribution in [-0.4, -0.2) is 29.4 Å². The summed E-state index contributed by atoms with van der Waals surface area (Å²) in [6, 6.07) is 16.8. The van der Waals surface area contributed by atoms with Crippen LogP contribution in [0.3, 0.4) is 0 Å². The fraction of sp³-hybridized carbons (Fsp3) is 0.100. The largest absolute Gasteiger partial charge is 0.323 e. The van der Waals surface area contributed by atoms with E-state index in [1.807, 2.05) is 49.4 Å². The van der Waals surface area contributed by atoms with E-state index in [4.69, 9.17) is 0 Å². The third-order valence-corrected chi connectivity index (χ3v) is 4.67. The third-order valence-electron chi connectivity index (χ3n) is 4.67. The molecule has 0 atom stereocenters. The molecule has 0 saturated carbocycles. The molecule has 2 N–H and O–H groups in total. The van der Waals surface area contributed by atoms with Gasteiger partial charge in [-0.2, -0.15) is 10.1 Å². The summed E-state index contributed by atoms with van der Waals surface area (Å²) >= 11 is 0. The van der Waals surface area contributed by atoms with Crippen molar-refractivity contribution >= 4 is 28.2 Å². The van der Waals surface area contributed by atoms with E-state index in [9.17, 15) is 4.79 Å². The Labute approximate surface area is 159 Å². The van der Waals surface area contributed by atoms with Crippen LogP contribution in [0.4, 0.5) is 11.6 Å². The summed E-state index contributed by atoms with van der Waals surface area (Å²) in [5.41, 5.74) is 4.30. The first-order valence-electron chi connectivity index (χ1n) is 8.89. The molecule has 0 bridgehead atoms. The number of pyridine rings is 2. The minimum atomic E-state index is -0.0550. The number of rotatable bonds is 4. The van der Waals surface area contributed by atoms with Crippen molar-refractivity contribution in [3.63, 3.8) is 0 Å². The lowest BCUT2D eigenvalue weighted by Gasteiger charge is -2.06. The minimum absolute atomic E-state index is 0.0550. The van der Waals surface area contributed by atoms with Crippen LogP contribution >= 0.6 is 0 Å². The quantitative estimate of drug-likeness (QED) is 0.507. The monoisotopic (exact) mass is 371 g/mol. The van der Waals surface area contributed by atoms with Crippen LogP contribution in [0.1, 0.15) is 11.4 Å². The molecule has 4 heterocycles. The summed E-state index contributed by atoms with van der Waals surface area (Å²) in [6.45, 7) is 2.41. The maximum atomic E-state index is 12.0. The zero-order valence-electron chi connectivity index (χ0n) is 15.1. The van der Waals surface area contributed by atoms with Crippen molar-refractivity contribution in [2.75, 3.05) is 5.32 Å². The van der Waals surface area contributed by atoms with Crippen LogP contribution in [0.2, 0.25) is 0 Å². The number of aryl methyl sites for hydroxylation is 1. The van der Waals surface area contributed by atoms with Gasteiger partial charge in [-0.15, -0.1) is 5.10 Å². The Morgan fingerprint density at radius 2 is 2.04 bits per heavy atom. The van der Waals surface area contributed by atoms with Gasteiger partial charge in [0, 0.05) is 29.0 Å². The minimum Gasteiger partial charge on any atom is -0.323 e. The van der Waals surface area contributed by atoms with Gasteiger partial charge in [0.05, 0.1) is 17.8 Å². The summed E-state index contributed by atoms with van der Waals surface area (Å²) in [4.78, 5) is 16.6. The lowest BCUT2D eigenvalue weighted by atomic mass is 10.2. The van der Waals surface area contributed by atoms with E-state index in [1.165, 1.54) is 0 Å². The number of aromatic nitrogens is 6. The van der Waals surface area contributed by atoms with Crippen molar-refractivity contribution in [1.29, 1.82) is 0 Å². The molecular weight excluding hydrogens is 354 g/mol. The van der Waals surface area contributed by atoms with Gasteiger partial charge in [-0.1, -0.05) is 12.1 Å². The van der Waals surface area contributed by atoms with E-state index in [-0.39, 0.29) is 5.56 Å². The SMILES string of the molecule is Cc1[nH]nc2cc(Nc3nc4cccc(Cn5ccccc5=O)n4n3)ccc12. The molecule has 0 aliphatic rings. The number of hydrogen-bond acceptors (Lipinski definition) is 5. The number of anilines is 2. The molecule has 0 saturated heterocycles. The van der Waals surface area contributed by atoms with Crippen molar-refractivity contribution in [3.05, 3.63) is 82.5 Å². The van der Waals surface area contributed by atoms with Crippen molar-refractivity contribution in [2.24, 2.45) is 0 Å². The highest BCUT2D eigenvalue weighted by molar-refractivity contribution is 5.84. The second-order valence-electron chi connectivity index (χ2n) is 6.59. The Morgan fingerprint density at radius 1 is 1.11 bits per heavy atom. The van der Waals surface area contributed by atoms with Gasteiger partial charge >= 0.3 is 0 Å². The summed E-state index contributed by atoms with van der Waals surface area (Å²) < 4.78 is 3.39. The average Bonchev–Trinajstić information content (AvgIpc) is 3.27. The Kier molecular flexibility index (Phi) is 3.68. The lowest BCUT2D eigenvalue weighted by Crippen LogP contribution is -2.19. The Bertz CT molecular complexity index is 1360. The molecule has 28 heavy (non-hydrogen) atoms. The number of nitrogens with zero attached hydrogens (tertiary/aromatic N) is 5. The average molecular weight is 371 g/mol. The molecule has 0 amide bonds. The normalized spacial score (nSPS) is 11.3. The summed E-state index contributed by atoms with van der Waals surface area (Å²) in [5, 5.41) is 16.2. The molecule has 0 spiro atoms.